The van der Waals surface area contributed by atoms with Gasteiger partial charge in [-0.3, -0.25) is 15.8 Å². The van der Waals surface area contributed by atoms with Crippen LogP contribution in [0, 0.1) is 10.1 Å². The molecule has 3 rings (SSSR count). The van der Waals surface area contributed by atoms with Gasteiger partial charge >= 0.3 is 0 Å². The van der Waals surface area contributed by atoms with Crippen molar-refractivity contribution < 1.29 is 4.92 Å². The molecule has 0 heterocycles. The summed E-state index contributed by atoms with van der Waals surface area (Å²) in [6.45, 7) is 9.02. The summed E-state index contributed by atoms with van der Waals surface area (Å²) in [4.78, 5) is 12.6. The third-order valence-corrected chi connectivity index (χ3v) is 4.87. The second-order valence-corrected chi connectivity index (χ2v) is 7.19. The third-order valence-electron chi connectivity index (χ3n) is 4.87. The van der Waals surface area contributed by atoms with Gasteiger partial charge in [0.2, 0.25) is 0 Å². The molecule has 0 spiro atoms. The maximum Gasteiger partial charge on any atom is 0.269 e. The number of anilines is 1. The number of nitrogens with zero attached hydrogens (tertiary/aromatic N) is 4. The fraction of sp³-hybridized carbons (Fsp3) is 0.120. The lowest BCUT2D eigenvalue weighted by molar-refractivity contribution is -0.384. The van der Waals surface area contributed by atoms with E-state index in [0.717, 1.165) is 16.8 Å². The van der Waals surface area contributed by atoms with Gasteiger partial charge in [0.1, 0.15) is 0 Å². The lowest BCUT2D eigenvalue weighted by Gasteiger charge is -2.24. The van der Waals surface area contributed by atoms with Crippen LogP contribution < -0.4 is 10.6 Å². The Morgan fingerprint density at radius 3 is 2.28 bits per heavy atom. The Balaban J connectivity index is 1.81. The van der Waals surface area contributed by atoms with Crippen LogP contribution in [0.25, 0.3) is 6.08 Å². The van der Waals surface area contributed by atoms with Crippen molar-refractivity contribution in [2.24, 2.45) is 16.0 Å². The molecule has 0 bridgehead atoms. The highest BCUT2D eigenvalue weighted by Crippen LogP contribution is 2.28. The number of hydrogen-bond acceptors (Lipinski definition) is 6. The average Bonchev–Trinajstić information content (AvgIpc) is 2.80. The van der Waals surface area contributed by atoms with Crippen molar-refractivity contribution in [3.05, 3.63) is 119 Å². The van der Waals surface area contributed by atoms with Gasteiger partial charge in [0.25, 0.3) is 5.69 Å². The molecule has 7 heteroatoms. The zero-order valence-corrected chi connectivity index (χ0v) is 17.7. The first-order valence-corrected chi connectivity index (χ1v) is 10.1. The van der Waals surface area contributed by atoms with Gasteiger partial charge in [0.15, 0.2) is 5.66 Å². The van der Waals surface area contributed by atoms with Crippen molar-refractivity contribution in [2.45, 2.75) is 5.66 Å². The molecule has 1 unspecified atom stereocenters. The summed E-state index contributed by atoms with van der Waals surface area (Å²) in [5, 5.41) is 19.6. The van der Waals surface area contributed by atoms with Gasteiger partial charge in [-0.25, -0.2) is 0 Å². The van der Waals surface area contributed by atoms with Crippen LogP contribution in [-0.2, 0) is 0 Å². The molecule has 1 aliphatic carbocycles. The van der Waals surface area contributed by atoms with Gasteiger partial charge in [-0.05, 0) is 54.1 Å². The summed E-state index contributed by atoms with van der Waals surface area (Å²) < 4.78 is 0. The molecule has 0 aliphatic heterocycles. The van der Waals surface area contributed by atoms with E-state index in [1.165, 1.54) is 12.1 Å². The lowest BCUT2D eigenvalue weighted by Crippen LogP contribution is -2.37. The van der Waals surface area contributed by atoms with E-state index >= 15 is 0 Å². The number of non-ortho nitro benzene ring substituents is 1. The molecule has 0 amide bonds. The molecular weight excluding hydrogens is 402 g/mol. The first-order chi connectivity index (χ1) is 15.4. The van der Waals surface area contributed by atoms with E-state index in [1.54, 1.807) is 18.2 Å². The maximum absolute atomic E-state index is 10.9. The van der Waals surface area contributed by atoms with Crippen molar-refractivity contribution in [2.75, 3.05) is 18.0 Å². The number of azo groups is 1. The first kappa shape index (κ1) is 22.6. The minimum Gasteiger partial charge on any atom is -0.364 e. The Bertz CT molecular complexity index is 1090. The van der Waals surface area contributed by atoms with Crippen LogP contribution in [0.15, 0.2) is 114 Å². The number of allylic oxidation sites excluding steroid dienone is 2. The van der Waals surface area contributed by atoms with Gasteiger partial charge in [-0.15, -0.1) is 13.2 Å². The van der Waals surface area contributed by atoms with Crippen molar-refractivity contribution in [3.8, 4) is 0 Å². The van der Waals surface area contributed by atoms with Gasteiger partial charge in [-0.1, -0.05) is 30.4 Å². The summed E-state index contributed by atoms with van der Waals surface area (Å²) in [6, 6.07) is 13.9. The Morgan fingerprint density at radius 1 is 1.03 bits per heavy atom. The number of hydrogen-bond donors (Lipinski definition) is 1. The van der Waals surface area contributed by atoms with E-state index in [1.807, 2.05) is 60.7 Å². The average molecular weight is 428 g/mol. The predicted molar refractivity (Wildman–Crippen MR) is 130 cm³/mol. The Kier molecular flexibility index (Phi) is 7.25. The number of benzene rings is 2. The predicted octanol–water partition coefficient (Wildman–Crippen LogP) is 5.72. The minimum atomic E-state index is -1.15. The van der Waals surface area contributed by atoms with Crippen LogP contribution in [-0.4, -0.2) is 23.7 Å². The SMILES string of the molecule is C=CCN(CC=C)c1ccc(N=NC2(N)C=CC=CC2=Cc2ccc([N+](=O)[O-])cc2)cc1. The highest BCUT2D eigenvalue weighted by atomic mass is 16.6. The van der Waals surface area contributed by atoms with E-state index in [9.17, 15) is 10.1 Å². The quantitative estimate of drug-likeness (QED) is 0.239. The fourth-order valence-electron chi connectivity index (χ4n) is 3.19. The topological polar surface area (TPSA) is 97.1 Å². The summed E-state index contributed by atoms with van der Waals surface area (Å²) in [7, 11) is 0. The van der Waals surface area contributed by atoms with Crippen molar-refractivity contribution >= 4 is 23.1 Å². The zero-order chi connectivity index (χ0) is 23.0. The Labute approximate surface area is 187 Å². The molecule has 0 saturated heterocycles. The van der Waals surface area contributed by atoms with E-state index in [2.05, 4.69) is 28.3 Å². The van der Waals surface area contributed by atoms with Crippen LogP contribution in [0.1, 0.15) is 5.56 Å². The zero-order valence-electron chi connectivity index (χ0n) is 17.7. The van der Waals surface area contributed by atoms with Crippen LogP contribution in [0.4, 0.5) is 17.1 Å². The van der Waals surface area contributed by atoms with Crippen molar-refractivity contribution in [3.63, 3.8) is 0 Å². The number of nitrogens with two attached hydrogens (primary N) is 1. The van der Waals surface area contributed by atoms with Crippen LogP contribution in [0.2, 0.25) is 0 Å². The third kappa shape index (κ3) is 5.53. The molecule has 0 aromatic heterocycles. The highest BCUT2D eigenvalue weighted by Gasteiger charge is 2.26. The highest BCUT2D eigenvalue weighted by molar-refractivity contribution is 5.63. The summed E-state index contributed by atoms with van der Waals surface area (Å²) in [6.07, 6.45) is 12.8. The maximum atomic E-state index is 10.9. The van der Waals surface area contributed by atoms with Crippen molar-refractivity contribution in [1.29, 1.82) is 0 Å². The largest absolute Gasteiger partial charge is 0.364 e. The number of nitro benzene ring substituents is 1. The smallest absolute Gasteiger partial charge is 0.269 e. The van der Waals surface area contributed by atoms with Crippen LogP contribution >= 0.6 is 0 Å². The molecule has 2 aromatic carbocycles. The van der Waals surface area contributed by atoms with Gasteiger partial charge in [0, 0.05) is 36.5 Å². The summed E-state index contributed by atoms with van der Waals surface area (Å²) in [5.74, 6) is 0. The normalized spacial score (nSPS) is 18.7. The summed E-state index contributed by atoms with van der Waals surface area (Å²) in [5.41, 5.74) is 8.63. The minimum absolute atomic E-state index is 0.0353. The fourth-order valence-corrected chi connectivity index (χ4v) is 3.19. The number of nitro groups is 1. The molecule has 1 atom stereocenters. The monoisotopic (exact) mass is 427 g/mol. The van der Waals surface area contributed by atoms with E-state index in [-0.39, 0.29) is 5.69 Å². The Morgan fingerprint density at radius 2 is 1.69 bits per heavy atom. The van der Waals surface area contributed by atoms with Gasteiger partial charge in [-0.2, -0.15) is 10.2 Å². The molecule has 0 saturated carbocycles. The number of rotatable bonds is 9. The second-order valence-electron chi connectivity index (χ2n) is 7.19. The van der Waals surface area contributed by atoms with Gasteiger partial charge in [0.05, 0.1) is 10.6 Å². The molecule has 0 fully saturated rings. The van der Waals surface area contributed by atoms with Crippen molar-refractivity contribution in [1.82, 2.24) is 0 Å². The van der Waals surface area contributed by atoms with E-state index in [0.29, 0.717) is 18.8 Å². The van der Waals surface area contributed by atoms with E-state index < -0.39 is 10.6 Å². The second kappa shape index (κ2) is 10.3. The van der Waals surface area contributed by atoms with Crippen LogP contribution in [0.5, 0.6) is 0 Å². The molecule has 0 radical (unpaired) electrons. The first-order valence-electron chi connectivity index (χ1n) is 10.1. The molecule has 7 nitrogen and oxygen atoms in total. The van der Waals surface area contributed by atoms with Gasteiger partial charge < -0.3 is 4.90 Å². The Hall–Kier alpha value is -4.10. The molecule has 32 heavy (non-hydrogen) atoms. The lowest BCUT2D eigenvalue weighted by atomic mass is 9.94. The van der Waals surface area contributed by atoms with E-state index in [4.69, 9.17) is 5.73 Å². The molecule has 2 aromatic rings. The molecule has 2 N–H and O–H groups in total. The van der Waals surface area contributed by atoms with Crippen LogP contribution in [0.3, 0.4) is 0 Å². The molecule has 1 aliphatic rings. The molecule has 162 valence electrons. The summed E-state index contributed by atoms with van der Waals surface area (Å²) >= 11 is 0. The standard InChI is InChI=1S/C25H25N5O2/c1-3-17-29(18-4-2)23-14-10-22(11-15-23)27-28-25(26)16-6-5-7-21(25)19-20-8-12-24(13-9-20)30(31)32/h3-16,19H,1-2,17-18,26H2. The molecular formula is C25H25N5O2.